The molecular formula is C23H36N2O5S. The van der Waals surface area contributed by atoms with Crippen molar-refractivity contribution in [3.05, 3.63) is 18.2 Å². The first-order valence-corrected chi connectivity index (χ1v) is 12.5. The molecule has 0 spiro atoms. The van der Waals surface area contributed by atoms with Crippen molar-refractivity contribution >= 4 is 15.9 Å². The van der Waals surface area contributed by atoms with Crippen LogP contribution in [-0.4, -0.2) is 63.9 Å². The van der Waals surface area contributed by atoms with Crippen molar-refractivity contribution < 1.29 is 22.7 Å². The van der Waals surface area contributed by atoms with Crippen LogP contribution in [0.4, 0.5) is 0 Å². The molecule has 1 aliphatic carbocycles. The number of hydrogen-bond donors (Lipinski definition) is 0. The summed E-state index contributed by atoms with van der Waals surface area (Å²) in [6.45, 7) is 8.23. The van der Waals surface area contributed by atoms with E-state index in [2.05, 4.69) is 20.8 Å². The van der Waals surface area contributed by atoms with E-state index >= 15 is 0 Å². The van der Waals surface area contributed by atoms with Gasteiger partial charge in [0.25, 0.3) is 0 Å². The Morgan fingerprint density at radius 3 is 2.10 bits per heavy atom. The molecule has 2 aliphatic rings. The molecule has 1 aliphatic heterocycles. The number of sulfonamides is 1. The van der Waals surface area contributed by atoms with Crippen molar-refractivity contribution in [3.63, 3.8) is 0 Å². The number of nitrogens with zero attached hydrogens (tertiary/aromatic N) is 2. The van der Waals surface area contributed by atoms with Crippen molar-refractivity contribution in [2.24, 2.45) is 17.3 Å². The number of carbonyl (C=O) groups is 1. The minimum absolute atomic E-state index is 0.0697. The van der Waals surface area contributed by atoms with Gasteiger partial charge in [-0.25, -0.2) is 8.42 Å². The number of rotatable bonds is 5. The number of piperazine rings is 1. The zero-order valence-electron chi connectivity index (χ0n) is 19.4. The third-order valence-corrected chi connectivity index (χ3v) is 8.76. The Kier molecular flexibility index (Phi) is 7.21. The molecule has 31 heavy (non-hydrogen) atoms. The Bertz CT molecular complexity index is 878. The Labute approximate surface area is 186 Å². The molecule has 7 nitrogen and oxygen atoms in total. The van der Waals surface area contributed by atoms with Gasteiger partial charge in [0.05, 0.1) is 14.2 Å². The molecule has 0 N–H and O–H groups in total. The molecular weight excluding hydrogens is 416 g/mol. The zero-order chi connectivity index (χ0) is 22.8. The largest absolute Gasteiger partial charge is 0.497 e. The molecule has 0 aromatic heterocycles. The molecule has 1 heterocycles. The molecule has 1 saturated heterocycles. The lowest BCUT2D eigenvalue weighted by atomic mass is 9.69. The number of ether oxygens (including phenoxy) is 2. The van der Waals surface area contributed by atoms with E-state index < -0.39 is 10.0 Å². The lowest BCUT2D eigenvalue weighted by Gasteiger charge is -2.40. The Hall–Kier alpha value is -1.80. The molecule has 3 rings (SSSR count). The van der Waals surface area contributed by atoms with E-state index in [4.69, 9.17) is 9.47 Å². The third kappa shape index (κ3) is 5.17. The van der Waals surface area contributed by atoms with Gasteiger partial charge in [0.15, 0.2) is 0 Å². The summed E-state index contributed by atoms with van der Waals surface area (Å²) in [6, 6.07) is 4.75. The molecule has 2 fully saturated rings. The number of carbonyl (C=O) groups excluding carboxylic acids is 1. The van der Waals surface area contributed by atoms with Gasteiger partial charge < -0.3 is 14.4 Å². The second-order valence-corrected chi connectivity index (χ2v) is 11.6. The average Bonchev–Trinajstić information content (AvgIpc) is 2.77. The zero-order valence-corrected chi connectivity index (χ0v) is 20.2. The van der Waals surface area contributed by atoms with Gasteiger partial charge in [-0.15, -0.1) is 0 Å². The number of methoxy groups -OCH3 is 2. The highest BCUT2D eigenvalue weighted by Gasteiger charge is 2.37. The van der Waals surface area contributed by atoms with Crippen LogP contribution >= 0.6 is 0 Å². The fraction of sp³-hybridized carbons (Fsp3) is 0.696. The summed E-state index contributed by atoms with van der Waals surface area (Å²) in [7, 11) is -0.797. The fourth-order valence-corrected chi connectivity index (χ4v) is 6.33. The number of benzene rings is 1. The minimum atomic E-state index is -3.74. The van der Waals surface area contributed by atoms with E-state index in [0.717, 1.165) is 25.7 Å². The highest BCUT2D eigenvalue weighted by Crippen LogP contribution is 2.40. The molecule has 0 unspecified atom stereocenters. The molecule has 0 bridgehead atoms. The highest BCUT2D eigenvalue weighted by molar-refractivity contribution is 7.89. The Balaban J connectivity index is 1.62. The normalized spacial score (nSPS) is 23.5. The monoisotopic (exact) mass is 452 g/mol. The maximum atomic E-state index is 13.2. The van der Waals surface area contributed by atoms with Crippen LogP contribution in [0, 0.1) is 17.3 Å². The lowest BCUT2D eigenvalue weighted by molar-refractivity contribution is -0.138. The van der Waals surface area contributed by atoms with Gasteiger partial charge in [0.1, 0.15) is 16.4 Å². The maximum Gasteiger partial charge on any atom is 0.247 e. The van der Waals surface area contributed by atoms with Crippen molar-refractivity contribution in [1.82, 2.24) is 9.21 Å². The van der Waals surface area contributed by atoms with Crippen LogP contribution in [-0.2, 0) is 14.8 Å². The van der Waals surface area contributed by atoms with Crippen molar-refractivity contribution in [1.29, 1.82) is 0 Å². The summed E-state index contributed by atoms with van der Waals surface area (Å²) >= 11 is 0. The minimum Gasteiger partial charge on any atom is -0.497 e. The van der Waals surface area contributed by atoms with Gasteiger partial charge in [0.2, 0.25) is 15.9 Å². The van der Waals surface area contributed by atoms with Crippen molar-refractivity contribution in [2.45, 2.75) is 51.3 Å². The molecule has 1 amide bonds. The Morgan fingerprint density at radius 1 is 0.968 bits per heavy atom. The smallest absolute Gasteiger partial charge is 0.247 e. The average molecular weight is 453 g/mol. The topological polar surface area (TPSA) is 76.2 Å². The number of hydrogen-bond acceptors (Lipinski definition) is 5. The molecule has 0 radical (unpaired) electrons. The predicted molar refractivity (Wildman–Crippen MR) is 120 cm³/mol. The molecule has 1 saturated carbocycles. The summed E-state index contributed by atoms with van der Waals surface area (Å²) in [4.78, 5) is 15.0. The van der Waals surface area contributed by atoms with Crippen LogP contribution in [0.25, 0.3) is 0 Å². The van der Waals surface area contributed by atoms with Gasteiger partial charge in [-0.1, -0.05) is 20.8 Å². The van der Waals surface area contributed by atoms with E-state index in [1.807, 2.05) is 4.90 Å². The SMILES string of the molecule is COc1ccc(OC)c(S(=O)(=O)N2CCN(C(=O)C3CCC(C(C)(C)C)CC3)CC2)c1. The standard InChI is InChI=1S/C23H36N2O5S/c1-23(2,3)18-8-6-17(7-9-18)22(26)24-12-14-25(15-13-24)31(27,28)21-16-19(29-4)10-11-20(21)30-5/h10-11,16-18H,6-9,12-15H2,1-5H3. The fourth-order valence-electron chi connectivity index (χ4n) is 4.74. The second kappa shape index (κ2) is 9.36. The van der Waals surface area contributed by atoms with Crippen molar-refractivity contribution in [2.75, 3.05) is 40.4 Å². The van der Waals surface area contributed by atoms with Crippen LogP contribution in [0.2, 0.25) is 0 Å². The third-order valence-electron chi connectivity index (χ3n) is 6.84. The van der Waals surface area contributed by atoms with E-state index in [9.17, 15) is 13.2 Å². The summed E-state index contributed by atoms with van der Waals surface area (Å²) < 4.78 is 38.4. The molecule has 8 heteroatoms. The van der Waals surface area contributed by atoms with Crippen LogP contribution in [0.5, 0.6) is 11.5 Å². The first kappa shape index (κ1) is 23.9. The van der Waals surface area contributed by atoms with Crippen molar-refractivity contribution in [3.8, 4) is 11.5 Å². The van der Waals surface area contributed by atoms with Gasteiger partial charge in [-0.3, -0.25) is 4.79 Å². The molecule has 174 valence electrons. The Morgan fingerprint density at radius 2 is 1.58 bits per heavy atom. The second-order valence-electron chi connectivity index (χ2n) is 9.66. The number of amides is 1. The van der Waals surface area contributed by atoms with Gasteiger partial charge in [-0.2, -0.15) is 4.31 Å². The molecule has 1 aromatic carbocycles. The molecule has 0 atom stereocenters. The summed E-state index contributed by atoms with van der Waals surface area (Å²) in [5.74, 6) is 1.66. The summed E-state index contributed by atoms with van der Waals surface area (Å²) in [5.41, 5.74) is 0.287. The quantitative estimate of drug-likeness (QED) is 0.685. The van der Waals surface area contributed by atoms with Crippen LogP contribution in [0.15, 0.2) is 23.1 Å². The summed E-state index contributed by atoms with van der Waals surface area (Å²) in [6.07, 6.45) is 4.04. The van der Waals surface area contributed by atoms with Crippen LogP contribution < -0.4 is 9.47 Å². The van der Waals surface area contributed by atoms with Gasteiger partial charge in [-0.05, 0) is 49.1 Å². The first-order valence-electron chi connectivity index (χ1n) is 11.1. The van der Waals surface area contributed by atoms with Gasteiger partial charge >= 0.3 is 0 Å². The van der Waals surface area contributed by atoms with Crippen LogP contribution in [0.1, 0.15) is 46.5 Å². The van der Waals surface area contributed by atoms with E-state index in [1.54, 1.807) is 12.1 Å². The van der Waals surface area contributed by atoms with E-state index in [-0.39, 0.29) is 41.0 Å². The highest BCUT2D eigenvalue weighted by atomic mass is 32.2. The maximum absolute atomic E-state index is 13.2. The lowest BCUT2D eigenvalue weighted by Crippen LogP contribution is -2.52. The molecule has 1 aromatic rings. The van der Waals surface area contributed by atoms with E-state index in [0.29, 0.717) is 24.8 Å². The first-order chi connectivity index (χ1) is 14.6. The summed E-state index contributed by atoms with van der Waals surface area (Å²) in [5, 5.41) is 0. The van der Waals surface area contributed by atoms with Crippen LogP contribution in [0.3, 0.4) is 0 Å². The van der Waals surface area contributed by atoms with Gasteiger partial charge in [0, 0.05) is 38.2 Å². The van der Waals surface area contributed by atoms with E-state index in [1.165, 1.54) is 24.6 Å². The predicted octanol–water partition coefficient (Wildman–Crippen LogP) is 3.39.